The predicted molar refractivity (Wildman–Crippen MR) is 138 cm³/mol. The molecule has 0 aliphatic rings. The average Bonchev–Trinajstić information content (AvgIpc) is 2.83. The third kappa shape index (κ3) is 5.43. The summed E-state index contributed by atoms with van der Waals surface area (Å²) >= 11 is 7.15. The van der Waals surface area contributed by atoms with E-state index in [9.17, 15) is 4.79 Å². The third-order valence-corrected chi connectivity index (χ3v) is 6.18. The zero-order valence-electron chi connectivity index (χ0n) is 17.7. The zero-order chi connectivity index (χ0) is 23.2. The Morgan fingerprint density at radius 1 is 0.970 bits per heavy atom. The predicted octanol–water partition coefficient (Wildman–Crippen LogP) is 6.72. The highest BCUT2D eigenvalue weighted by atomic mass is 79.9. The van der Waals surface area contributed by atoms with Crippen LogP contribution in [-0.4, -0.2) is 19.2 Å². The van der Waals surface area contributed by atoms with Crippen molar-refractivity contribution in [2.24, 2.45) is 5.10 Å². The number of methoxy groups -OCH3 is 1. The second-order valence-electron chi connectivity index (χ2n) is 7.14. The smallest absolute Gasteiger partial charge is 0.275 e. The molecule has 7 heteroatoms. The number of nitrogens with one attached hydrogen (secondary N) is 1. The van der Waals surface area contributed by atoms with Gasteiger partial charge in [-0.15, -0.1) is 0 Å². The SMILES string of the molecule is COc1ccccc1C(=O)N/N=C/c1cc(Br)c(OCc2cccc3ccccc23)c(Br)c1. The zero-order valence-corrected chi connectivity index (χ0v) is 20.9. The molecular weight excluding hydrogens is 548 g/mol. The number of rotatable bonds is 7. The van der Waals surface area contributed by atoms with E-state index in [0.29, 0.717) is 23.7 Å². The highest BCUT2D eigenvalue weighted by molar-refractivity contribution is 9.11. The first kappa shape index (κ1) is 23.0. The molecule has 0 radical (unpaired) electrons. The molecule has 4 aromatic carbocycles. The van der Waals surface area contributed by atoms with Gasteiger partial charge in [-0.1, -0.05) is 54.6 Å². The fourth-order valence-corrected chi connectivity index (χ4v) is 4.87. The van der Waals surface area contributed by atoms with Crippen molar-refractivity contribution in [3.05, 3.63) is 104 Å². The topological polar surface area (TPSA) is 59.9 Å². The summed E-state index contributed by atoms with van der Waals surface area (Å²) in [6.07, 6.45) is 1.57. The van der Waals surface area contributed by atoms with Gasteiger partial charge in [0, 0.05) is 0 Å². The minimum absolute atomic E-state index is 0.350. The number of carbonyl (C=O) groups excluding carboxylic acids is 1. The van der Waals surface area contributed by atoms with Gasteiger partial charge in [-0.3, -0.25) is 4.79 Å². The van der Waals surface area contributed by atoms with E-state index in [-0.39, 0.29) is 5.91 Å². The van der Waals surface area contributed by atoms with Crippen LogP contribution in [0.15, 0.2) is 92.9 Å². The quantitative estimate of drug-likeness (QED) is 0.199. The lowest BCUT2D eigenvalue weighted by Crippen LogP contribution is -2.18. The minimum Gasteiger partial charge on any atom is -0.496 e. The number of fused-ring (bicyclic) bond motifs is 1. The molecule has 5 nitrogen and oxygen atoms in total. The van der Waals surface area contributed by atoms with Crippen molar-refractivity contribution in [2.75, 3.05) is 7.11 Å². The van der Waals surface area contributed by atoms with Crippen LogP contribution < -0.4 is 14.9 Å². The molecule has 0 aliphatic heterocycles. The van der Waals surface area contributed by atoms with Crippen LogP contribution in [0.1, 0.15) is 21.5 Å². The molecule has 0 aliphatic carbocycles. The van der Waals surface area contributed by atoms with Crippen LogP contribution in [0.2, 0.25) is 0 Å². The van der Waals surface area contributed by atoms with Gasteiger partial charge in [0.05, 0.1) is 27.8 Å². The van der Waals surface area contributed by atoms with E-state index in [0.717, 1.165) is 20.1 Å². The van der Waals surface area contributed by atoms with Crippen molar-refractivity contribution < 1.29 is 14.3 Å². The van der Waals surface area contributed by atoms with Crippen molar-refractivity contribution in [3.63, 3.8) is 0 Å². The van der Waals surface area contributed by atoms with E-state index in [2.05, 4.69) is 66.7 Å². The highest BCUT2D eigenvalue weighted by Crippen LogP contribution is 2.35. The number of amides is 1. The summed E-state index contributed by atoms with van der Waals surface area (Å²) in [5.74, 6) is 0.832. The number of hydrogen-bond acceptors (Lipinski definition) is 4. The maximum absolute atomic E-state index is 12.4. The molecule has 0 fully saturated rings. The maximum atomic E-state index is 12.4. The molecule has 4 aromatic rings. The second kappa shape index (κ2) is 10.6. The standard InChI is InChI=1S/C26H20Br2N2O3/c1-32-24-12-5-4-11-21(24)26(31)30-29-15-17-13-22(27)25(23(28)14-17)33-16-19-9-6-8-18-7-2-3-10-20(18)19/h2-15H,16H2,1H3,(H,30,31)/b29-15+. The van der Waals surface area contributed by atoms with Gasteiger partial charge in [0.1, 0.15) is 18.1 Å². The first-order valence-corrected chi connectivity index (χ1v) is 11.7. The number of hydrazone groups is 1. The normalized spacial score (nSPS) is 11.0. The Bertz CT molecular complexity index is 1310. The van der Waals surface area contributed by atoms with Gasteiger partial charge < -0.3 is 9.47 Å². The maximum Gasteiger partial charge on any atom is 0.275 e. The number of benzene rings is 4. The van der Waals surface area contributed by atoms with Gasteiger partial charge in [0.25, 0.3) is 5.91 Å². The molecule has 0 atom stereocenters. The van der Waals surface area contributed by atoms with Crippen molar-refractivity contribution in [1.82, 2.24) is 5.43 Å². The van der Waals surface area contributed by atoms with Gasteiger partial charge in [0.2, 0.25) is 0 Å². The highest BCUT2D eigenvalue weighted by Gasteiger charge is 2.12. The van der Waals surface area contributed by atoms with E-state index in [1.165, 1.54) is 17.9 Å². The van der Waals surface area contributed by atoms with Gasteiger partial charge in [0.15, 0.2) is 0 Å². The van der Waals surface area contributed by atoms with Crippen molar-refractivity contribution in [1.29, 1.82) is 0 Å². The number of carbonyl (C=O) groups is 1. The minimum atomic E-state index is -0.350. The molecule has 0 aromatic heterocycles. The van der Waals surface area contributed by atoms with Gasteiger partial charge in [-0.2, -0.15) is 5.10 Å². The molecule has 0 unspecified atom stereocenters. The second-order valence-corrected chi connectivity index (χ2v) is 8.85. The molecule has 4 rings (SSSR count). The summed E-state index contributed by atoms with van der Waals surface area (Å²) in [5, 5.41) is 6.42. The van der Waals surface area contributed by atoms with Gasteiger partial charge >= 0.3 is 0 Å². The van der Waals surface area contributed by atoms with E-state index in [1.807, 2.05) is 30.3 Å². The van der Waals surface area contributed by atoms with Crippen LogP contribution in [-0.2, 0) is 6.61 Å². The van der Waals surface area contributed by atoms with Crippen molar-refractivity contribution >= 4 is 54.8 Å². The molecule has 0 spiro atoms. The lowest BCUT2D eigenvalue weighted by atomic mass is 10.1. The molecule has 0 saturated carbocycles. The number of nitrogens with zero attached hydrogens (tertiary/aromatic N) is 1. The lowest BCUT2D eigenvalue weighted by molar-refractivity contribution is 0.0952. The first-order valence-electron chi connectivity index (χ1n) is 10.1. The Balaban J connectivity index is 1.45. The number of halogens is 2. The van der Waals surface area contributed by atoms with Crippen LogP contribution >= 0.6 is 31.9 Å². The van der Waals surface area contributed by atoms with Crippen LogP contribution in [0, 0.1) is 0 Å². The fraction of sp³-hybridized carbons (Fsp3) is 0.0769. The Morgan fingerprint density at radius 3 is 2.45 bits per heavy atom. The molecular formula is C26H20Br2N2O3. The monoisotopic (exact) mass is 566 g/mol. The molecule has 1 amide bonds. The van der Waals surface area contributed by atoms with Crippen molar-refractivity contribution in [3.8, 4) is 11.5 Å². The first-order chi connectivity index (χ1) is 16.1. The van der Waals surface area contributed by atoms with Crippen LogP contribution in [0.25, 0.3) is 10.8 Å². The molecule has 0 bridgehead atoms. The van der Waals surface area contributed by atoms with Crippen LogP contribution in [0.5, 0.6) is 11.5 Å². The van der Waals surface area contributed by atoms with Crippen LogP contribution in [0.3, 0.4) is 0 Å². The number of hydrogen-bond donors (Lipinski definition) is 1. The molecule has 33 heavy (non-hydrogen) atoms. The number of ether oxygens (including phenoxy) is 2. The Kier molecular flexibility index (Phi) is 7.42. The average molecular weight is 568 g/mol. The van der Waals surface area contributed by atoms with Gasteiger partial charge in [-0.05, 0) is 78.0 Å². The third-order valence-electron chi connectivity index (χ3n) is 5.00. The van der Waals surface area contributed by atoms with E-state index in [4.69, 9.17) is 9.47 Å². The Hall–Kier alpha value is -3.16. The summed E-state index contributed by atoms with van der Waals surface area (Å²) in [4.78, 5) is 12.4. The summed E-state index contributed by atoms with van der Waals surface area (Å²) in [7, 11) is 1.52. The van der Waals surface area contributed by atoms with Crippen LogP contribution in [0.4, 0.5) is 0 Å². The van der Waals surface area contributed by atoms with Gasteiger partial charge in [-0.25, -0.2) is 5.43 Å². The molecule has 166 valence electrons. The molecule has 0 heterocycles. The van der Waals surface area contributed by atoms with E-state index < -0.39 is 0 Å². The molecule has 1 N–H and O–H groups in total. The summed E-state index contributed by atoms with van der Waals surface area (Å²) in [5.41, 5.74) is 4.83. The van der Waals surface area contributed by atoms with E-state index in [1.54, 1.807) is 30.5 Å². The summed E-state index contributed by atoms with van der Waals surface area (Å²) in [6, 6.07) is 25.2. The number of para-hydroxylation sites is 1. The summed E-state index contributed by atoms with van der Waals surface area (Å²) in [6.45, 7) is 0.432. The Labute approximate surface area is 208 Å². The Morgan fingerprint density at radius 2 is 1.67 bits per heavy atom. The van der Waals surface area contributed by atoms with Crippen molar-refractivity contribution in [2.45, 2.75) is 6.61 Å². The summed E-state index contributed by atoms with van der Waals surface area (Å²) < 4.78 is 12.9. The molecule has 0 saturated heterocycles. The fourth-order valence-electron chi connectivity index (χ4n) is 3.42. The van der Waals surface area contributed by atoms with E-state index >= 15 is 0 Å². The lowest BCUT2D eigenvalue weighted by Gasteiger charge is -2.13. The largest absolute Gasteiger partial charge is 0.496 e.